The number of aliphatic hydroxyl groups is 1. The van der Waals surface area contributed by atoms with Gasteiger partial charge in [-0.3, -0.25) is 14.6 Å². The molecule has 0 radical (unpaired) electrons. The third-order valence-electron chi connectivity index (χ3n) is 6.13. The smallest absolute Gasteiger partial charge is 0.295 e. The quantitative estimate of drug-likeness (QED) is 0.210. The number of pyridine rings is 1. The lowest BCUT2D eigenvalue weighted by atomic mass is 9.94. The Morgan fingerprint density at radius 2 is 1.61 bits per heavy atom. The number of Topliss-reactive ketones (excluding diaryl/α,β-unsaturated/α-hetero) is 1. The highest BCUT2D eigenvalue weighted by molar-refractivity contribution is 6.46. The van der Waals surface area contributed by atoms with Crippen LogP contribution in [-0.2, 0) is 16.1 Å². The molecule has 1 N–H and O–H groups in total. The maximum atomic E-state index is 13.4. The van der Waals surface area contributed by atoms with Crippen LogP contribution in [-0.4, -0.2) is 46.5 Å². The largest absolute Gasteiger partial charge is 0.507 e. The molecule has 0 spiro atoms. The Bertz CT molecular complexity index is 1300. The normalized spacial score (nSPS) is 16.5. The van der Waals surface area contributed by atoms with Gasteiger partial charge < -0.3 is 24.2 Å². The number of ether oxygens (including phenoxy) is 3. The lowest BCUT2D eigenvalue weighted by Gasteiger charge is -2.26. The van der Waals surface area contributed by atoms with Gasteiger partial charge in [0.15, 0.2) is 11.5 Å². The molecule has 1 unspecified atom stereocenters. The van der Waals surface area contributed by atoms with Crippen LogP contribution in [0.15, 0.2) is 72.6 Å². The van der Waals surface area contributed by atoms with Crippen molar-refractivity contribution in [2.45, 2.75) is 39.8 Å². The summed E-state index contributed by atoms with van der Waals surface area (Å²) in [7, 11) is 0. The van der Waals surface area contributed by atoms with Crippen molar-refractivity contribution in [1.82, 2.24) is 9.88 Å². The third kappa shape index (κ3) is 5.64. The van der Waals surface area contributed by atoms with Crippen LogP contribution in [0.25, 0.3) is 5.76 Å². The molecule has 3 aromatic rings. The van der Waals surface area contributed by atoms with Crippen molar-refractivity contribution in [3.05, 3.63) is 89.3 Å². The lowest BCUT2D eigenvalue weighted by molar-refractivity contribution is -0.140. The standard InChI is InChI=1S/C30H32N2O6/c1-4-17-38-24-12-9-22(18-25(24)37-6-3)27-26(28(33)21-7-10-23(11-8-21)36-5-2)29(34)30(35)32(27)19-20-13-15-31-16-14-20/h7-16,18,27,33H,4-6,17,19H2,1-3H3/b28-26+. The second-order valence-corrected chi connectivity index (χ2v) is 8.73. The minimum Gasteiger partial charge on any atom is -0.507 e. The summed E-state index contributed by atoms with van der Waals surface area (Å²) in [5, 5.41) is 11.4. The number of carbonyl (C=O) groups is 2. The molecule has 198 valence electrons. The maximum Gasteiger partial charge on any atom is 0.295 e. The van der Waals surface area contributed by atoms with Crippen LogP contribution >= 0.6 is 0 Å². The number of carbonyl (C=O) groups excluding carboxylic acids is 2. The molecule has 0 bridgehead atoms. The van der Waals surface area contributed by atoms with E-state index in [0.29, 0.717) is 48.2 Å². The Morgan fingerprint density at radius 3 is 2.26 bits per heavy atom. The average Bonchev–Trinajstić information content (AvgIpc) is 3.18. The molecular formula is C30H32N2O6. The van der Waals surface area contributed by atoms with Crippen molar-refractivity contribution >= 4 is 17.4 Å². The van der Waals surface area contributed by atoms with Crippen molar-refractivity contribution in [2.75, 3.05) is 19.8 Å². The maximum absolute atomic E-state index is 13.4. The number of aromatic nitrogens is 1. The van der Waals surface area contributed by atoms with Gasteiger partial charge in [-0.1, -0.05) is 13.0 Å². The summed E-state index contributed by atoms with van der Waals surface area (Å²) in [6.07, 6.45) is 4.10. The molecule has 1 saturated heterocycles. The fraction of sp³-hybridized carbons (Fsp3) is 0.300. The first-order valence-corrected chi connectivity index (χ1v) is 12.8. The summed E-state index contributed by atoms with van der Waals surface area (Å²) in [5.41, 5.74) is 1.85. The third-order valence-corrected chi connectivity index (χ3v) is 6.13. The van der Waals surface area contributed by atoms with Crippen LogP contribution < -0.4 is 14.2 Å². The Morgan fingerprint density at radius 1 is 0.895 bits per heavy atom. The van der Waals surface area contributed by atoms with Gasteiger partial charge in [0.25, 0.3) is 11.7 Å². The van der Waals surface area contributed by atoms with Crippen LogP contribution in [0, 0.1) is 0 Å². The zero-order valence-electron chi connectivity index (χ0n) is 21.8. The number of benzene rings is 2. The highest BCUT2D eigenvalue weighted by Gasteiger charge is 2.46. The van der Waals surface area contributed by atoms with E-state index in [-0.39, 0.29) is 17.9 Å². The number of hydrogen-bond donors (Lipinski definition) is 1. The number of nitrogens with zero attached hydrogens (tertiary/aromatic N) is 2. The molecule has 1 amide bonds. The van der Waals surface area contributed by atoms with E-state index in [1.165, 1.54) is 4.90 Å². The molecule has 1 aliphatic heterocycles. The first kappa shape index (κ1) is 26.7. The summed E-state index contributed by atoms with van der Waals surface area (Å²) in [6, 6.07) is 14.9. The predicted molar refractivity (Wildman–Crippen MR) is 143 cm³/mol. The van der Waals surface area contributed by atoms with E-state index >= 15 is 0 Å². The highest BCUT2D eigenvalue weighted by atomic mass is 16.5. The van der Waals surface area contributed by atoms with Gasteiger partial charge in [0, 0.05) is 24.5 Å². The topological polar surface area (TPSA) is 98.2 Å². The van der Waals surface area contributed by atoms with E-state index in [1.807, 2.05) is 20.8 Å². The SMILES string of the molecule is CCCOc1ccc(C2/C(=C(\O)c3ccc(OCC)cc3)C(=O)C(=O)N2Cc2ccncc2)cc1OCC. The van der Waals surface area contributed by atoms with Crippen LogP contribution in [0.1, 0.15) is 49.9 Å². The molecule has 8 heteroatoms. The molecule has 1 atom stereocenters. The van der Waals surface area contributed by atoms with Gasteiger partial charge in [0.2, 0.25) is 0 Å². The van der Waals surface area contributed by atoms with Crippen LogP contribution in [0.2, 0.25) is 0 Å². The van der Waals surface area contributed by atoms with E-state index in [0.717, 1.165) is 12.0 Å². The monoisotopic (exact) mass is 516 g/mol. The van der Waals surface area contributed by atoms with Crippen molar-refractivity contribution in [1.29, 1.82) is 0 Å². The number of likely N-dealkylation sites (tertiary alicyclic amines) is 1. The molecular weight excluding hydrogens is 484 g/mol. The lowest BCUT2D eigenvalue weighted by Crippen LogP contribution is -2.29. The van der Waals surface area contributed by atoms with Gasteiger partial charge in [-0.25, -0.2) is 0 Å². The zero-order chi connectivity index (χ0) is 27.1. The number of ketones is 1. The second kappa shape index (κ2) is 12.3. The summed E-state index contributed by atoms with van der Waals surface area (Å²) in [5.74, 6) is 0.0352. The predicted octanol–water partition coefficient (Wildman–Crippen LogP) is 5.29. The van der Waals surface area contributed by atoms with Gasteiger partial charge >= 0.3 is 0 Å². The van der Waals surface area contributed by atoms with E-state index < -0.39 is 17.7 Å². The van der Waals surface area contributed by atoms with Crippen molar-refractivity contribution < 1.29 is 28.9 Å². The van der Waals surface area contributed by atoms with E-state index in [9.17, 15) is 14.7 Å². The Labute approximate surface area is 222 Å². The van der Waals surface area contributed by atoms with Gasteiger partial charge in [0.1, 0.15) is 11.5 Å². The Kier molecular flexibility index (Phi) is 8.63. The number of amides is 1. The van der Waals surface area contributed by atoms with Crippen LogP contribution in [0.5, 0.6) is 17.2 Å². The summed E-state index contributed by atoms with van der Waals surface area (Å²) >= 11 is 0. The minimum absolute atomic E-state index is 0.0119. The van der Waals surface area contributed by atoms with Gasteiger partial charge in [-0.05, 0) is 79.9 Å². The highest BCUT2D eigenvalue weighted by Crippen LogP contribution is 2.43. The zero-order valence-corrected chi connectivity index (χ0v) is 21.8. The van der Waals surface area contributed by atoms with E-state index in [2.05, 4.69) is 4.98 Å². The molecule has 0 saturated carbocycles. The van der Waals surface area contributed by atoms with Gasteiger partial charge in [0.05, 0.1) is 31.4 Å². The fourth-order valence-electron chi connectivity index (χ4n) is 4.40. The molecule has 0 aliphatic carbocycles. The number of hydrogen-bond acceptors (Lipinski definition) is 7. The Balaban J connectivity index is 1.84. The fourth-order valence-corrected chi connectivity index (χ4v) is 4.40. The van der Waals surface area contributed by atoms with Crippen LogP contribution in [0.4, 0.5) is 0 Å². The van der Waals surface area contributed by atoms with Gasteiger partial charge in [-0.15, -0.1) is 0 Å². The van der Waals surface area contributed by atoms with Crippen LogP contribution in [0.3, 0.4) is 0 Å². The van der Waals surface area contributed by atoms with Crippen molar-refractivity contribution in [3.63, 3.8) is 0 Å². The first-order valence-electron chi connectivity index (χ1n) is 12.8. The Hall–Kier alpha value is -4.33. The van der Waals surface area contributed by atoms with Crippen molar-refractivity contribution in [3.8, 4) is 17.2 Å². The molecule has 2 heterocycles. The second-order valence-electron chi connectivity index (χ2n) is 8.73. The molecule has 2 aromatic carbocycles. The minimum atomic E-state index is -0.839. The molecule has 1 aliphatic rings. The molecule has 8 nitrogen and oxygen atoms in total. The van der Waals surface area contributed by atoms with E-state index in [1.54, 1.807) is 67.0 Å². The number of aliphatic hydroxyl groups excluding tert-OH is 1. The van der Waals surface area contributed by atoms with E-state index in [4.69, 9.17) is 14.2 Å². The van der Waals surface area contributed by atoms with Gasteiger partial charge in [-0.2, -0.15) is 0 Å². The summed E-state index contributed by atoms with van der Waals surface area (Å²) < 4.78 is 17.2. The number of rotatable bonds is 11. The molecule has 38 heavy (non-hydrogen) atoms. The summed E-state index contributed by atoms with van der Waals surface area (Å²) in [6.45, 7) is 7.38. The van der Waals surface area contributed by atoms with Crippen molar-refractivity contribution in [2.24, 2.45) is 0 Å². The first-order chi connectivity index (χ1) is 18.5. The molecule has 4 rings (SSSR count). The summed E-state index contributed by atoms with van der Waals surface area (Å²) in [4.78, 5) is 32.2. The molecule has 1 aromatic heterocycles. The molecule has 1 fully saturated rings. The average molecular weight is 517 g/mol.